The van der Waals surface area contributed by atoms with Gasteiger partial charge in [0.1, 0.15) is 17.6 Å². The van der Waals surface area contributed by atoms with Crippen molar-refractivity contribution in [3.8, 4) is 34.7 Å². The van der Waals surface area contributed by atoms with Crippen LogP contribution in [0.4, 0.5) is 0 Å². The Labute approximate surface area is 215 Å². The van der Waals surface area contributed by atoms with E-state index < -0.39 is 0 Å². The van der Waals surface area contributed by atoms with Gasteiger partial charge in [0.05, 0.1) is 25.0 Å². The third-order valence-corrected chi connectivity index (χ3v) is 5.83. The molecule has 2 aromatic carbocycles. The Bertz CT molecular complexity index is 1490. The van der Waals surface area contributed by atoms with Crippen LogP contribution in [0.15, 0.2) is 76.7 Å². The van der Waals surface area contributed by atoms with Crippen molar-refractivity contribution in [3.05, 3.63) is 94.1 Å². The molecule has 1 aliphatic rings. The average molecular weight is 497 g/mol. The largest absolute Gasteiger partial charge is 0.497 e. The molecular formula is C29H28N4O4. The van der Waals surface area contributed by atoms with E-state index in [9.17, 15) is 10.1 Å². The highest BCUT2D eigenvalue weighted by Gasteiger charge is 2.19. The lowest BCUT2D eigenvalue weighted by Crippen LogP contribution is -2.28. The first-order valence-corrected chi connectivity index (χ1v) is 11.9. The average Bonchev–Trinajstić information content (AvgIpc) is 2.90. The summed E-state index contributed by atoms with van der Waals surface area (Å²) in [7, 11) is 1.64. The monoisotopic (exact) mass is 496 g/mol. The topological polar surface area (TPSA) is 98.7 Å². The number of nitriles is 1. The van der Waals surface area contributed by atoms with Gasteiger partial charge >= 0.3 is 5.69 Å². The minimum absolute atomic E-state index is 0.270. The molecule has 1 aliphatic heterocycles. The molecule has 8 nitrogen and oxygen atoms in total. The zero-order valence-corrected chi connectivity index (χ0v) is 21.2. The summed E-state index contributed by atoms with van der Waals surface area (Å²) in [4.78, 5) is 21.0. The van der Waals surface area contributed by atoms with Crippen LogP contribution in [0.2, 0.25) is 0 Å². The van der Waals surface area contributed by atoms with Gasteiger partial charge in [-0.15, -0.1) is 0 Å². The van der Waals surface area contributed by atoms with E-state index in [2.05, 4.69) is 22.6 Å². The van der Waals surface area contributed by atoms with Crippen molar-refractivity contribution < 1.29 is 14.2 Å². The van der Waals surface area contributed by atoms with E-state index in [1.807, 2.05) is 38.1 Å². The van der Waals surface area contributed by atoms with E-state index in [0.717, 1.165) is 40.1 Å². The van der Waals surface area contributed by atoms with E-state index in [1.165, 1.54) is 6.08 Å². The van der Waals surface area contributed by atoms with Gasteiger partial charge in [-0.25, -0.2) is 9.79 Å². The number of aromatic nitrogens is 2. The molecular weight excluding hydrogens is 468 g/mol. The molecule has 0 aliphatic carbocycles. The van der Waals surface area contributed by atoms with Crippen LogP contribution in [0.5, 0.6) is 17.4 Å². The molecule has 0 atom stereocenters. The van der Waals surface area contributed by atoms with E-state index in [-0.39, 0.29) is 18.2 Å². The molecule has 0 spiro atoms. The van der Waals surface area contributed by atoms with Gasteiger partial charge in [-0.2, -0.15) is 10.2 Å². The van der Waals surface area contributed by atoms with E-state index in [0.29, 0.717) is 30.2 Å². The van der Waals surface area contributed by atoms with Crippen LogP contribution in [0.1, 0.15) is 30.5 Å². The maximum atomic E-state index is 12.6. The molecule has 0 saturated heterocycles. The van der Waals surface area contributed by atoms with Crippen LogP contribution in [0.3, 0.4) is 0 Å². The quantitative estimate of drug-likeness (QED) is 0.326. The van der Waals surface area contributed by atoms with Gasteiger partial charge in [-0.3, -0.25) is 4.57 Å². The molecule has 0 amide bonds. The molecule has 0 bridgehead atoms. The lowest BCUT2D eigenvalue weighted by molar-refractivity contribution is 0.306. The number of hydrogen-bond acceptors (Lipinski definition) is 7. The summed E-state index contributed by atoms with van der Waals surface area (Å²) < 4.78 is 18.6. The van der Waals surface area contributed by atoms with Gasteiger partial charge in [0.2, 0.25) is 11.8 Å². The number of aliphatic imine (C=N–C) groups is 1. The summed E-state index contributed by atoms with van der Waals surface area (Å²) >= 11 is 0. The summed E-state index contributed by atoms with van der Waals surface area (Å²) in [6.45, 7) is 8.40. The highest BCUT2D eigenvalue weighted by atomic mass is 16.5. The Morgan fingerprint density at radius 1 is 1.24 bits per heavy atom. The number of benzene rings is 2. The smallest absolute Gasteiger partial charge is 0.351 e. The zero-order valence-electron chi connectivity index (χ0n) is 21.2. The molecule has 8 heteroatoms. The molecule has 0 fully saturated rings. The molecule has 37 heavy (non-hydrogen) atoms. The van der Waals surface area contributed by atoms with Crippen molar-refractivity contribution in [1.29, 1.82) is 5.26 Å². The lowest BCUT2D eigenvalue weighted by Gasteiger charge is -2.22. The molecule has 188 valence electrons. The normalized spacial score (nSPS) is 12.0. The molecule has 4 rings (SSSR count). The van der Waals surface area contributed by atoms with Crippen LogP contribution in [-0.2, 0) is 19.4 Å². The van der Waals surface area contributed by atoms with Crippen LogP contribution in [0, 0.1) is 11.3 Å². The zero-order chi connectivity index (χ0) is 26.4. The fourth-order valence-corrected chi connectivity index (χ4v) is 3.99. The Morgan fingerprint density at radius 2 is 2.08 bits per heavy atom. The lowest BCUT2D eigenvalue weighted by atomic mass is 9.97. The van der Waals surface area contributed by atoms with Crippen LogP contribution >= 0.6 is 0 Å². The first kappa shape index (κ1) is 25.5. The SMILES string of the molecule is C=C/C(=N\C=C(C)C)Oc1ccc(CCOc2cc3n(c(=O)n2)CCc2cc(OC)ccc2-3)cc1C#N. The second kappa shape index (κ2) is 11.4. The first-order chi connectivity index (χ1) is 17.9. The first-order valence-electron chi connectivity index (χ1n) is 11.9. The summed E-state index contributed by atoms with van der Waals surface area (Å²) in [6.07, 6.45) is 4.41. The maximum absolute atomic E-state index is 12.6. The van der Waals surface area contributed by atoms with Crippen LogP contribution in [0.25, 0.3) is 11.3 Å². The predicted octanol–water partition coefficient (Wildman–Crippen LogP) is 4.86. The molecule has 0 unspecified atom stereocenters. The summed E-state index contributed by atoms with van der Waals surface area (Å²) in [5.74, 6) is 1.76. The second-order valence-corrected chi connectivity index (χ2v) is 8.71. The number of hydrogen-bond donors (Lipinski definition) is 0. The minimum Gasteiger partial charge on any atom is -0.497 e. The van der Waals surface area contributed by atoms with Crippen molar-refractivity contribution in [3.63, 3.8) is 0 Å². The van der Waals surface area contributed by atoms with Crippen molar-refractivity contribution in [2.24, 2.45) is 4.99 Å². The summed E-state index contributed by atoms with van der Waals surface area (Å²) in [6, 6.07) is 15.1. The predicted molar refractivity (Wildman–Crippen MR) is 142 cm³/mol. The summed E-state index contributed by atoms with van der Waals surface area (Å²) in [5, 5.41) is 9.61. The standard InChI is InChI=1S/C29H28N4O4/c1-5-27(31-18-19(2)3)37-26-9-6-20(14-22(26)17-30)11-13-36-28-16-25-24-8-7-23(35-4)15-21(24)10-12-33(25)29(34)32-28/h5-9,14-16,18H,1,10-13H2,2-4H3/b31-27+. The number of ether oxygens (including phenoxy) is 3. The highest BCUT2D eigenvalue weighted by Crippen LogP contribution is 2.32. The molecule has 0 saturated carbocycles. The molecule has 0 N–H and O–H groups in total. The highest BCUT2D eigenvalue weighted by molar-refractivity contribution is 5.89. The molecule has 1 aromatic heterocycles. The van der Waals surface area contributed by atoms with Gasteiger partial charge < -0.3 is 14.2 Å². The Hall–Kier alpha value is -4.64. The van der Waals surface area contributed by atoms with Gasteiger partial charge in [-0.05, 0) is 67.8 Å². The number of rotatable bonds is 8. The summed E-state index contributed by atoms with van der Waals surface area (Å²) in [5.41, 5.74) is 4.80. The van der Waals surface area contributed by atoms with Gasteiger partial charge in [0, 0.05) is 30.8 Å². The van der Waals surface area contributed by atoms with E-state index in [1.54, 1.807) is 36.1 Å². The fraction of sp³-hybridized carbons (Fsp3) is 0.241. The van der Waals surface area contributed by atoms with Gasteiger partial charge in [0.15, 0.2) is 0 Å². The second-order valence-electron chi connectivity index (χ2n) is 8.71. The Morgan fingerprint density at radius 3 is 2.81 bits per heavy atom. The van der Waals surface area contributed by atoms with Crippen molar-refractivity contribution in [2.45, 2.75) is 33.2 Å². The fourth-order valence-electron chi connectivity index (χ4n) is 3.99. The minimum atomic E-state index is -0.338. The van der Waals surface area contributed by atoms with Crippen molar-refractivity contribution in [2.75, 3.05) is 13.7 Å². The number of fused-ring (bicyclic) bond motifs is 3. The maximum Gasteiger partial charge on any atom is 0.351 e. The van der Waals surface area contributed by atoms with Crippen LogP contribution < -0.4 is 19.9 Å². The van der Waals surface area contributed by atoms with Crippen molar-refractivity contribution >= 4 is 5.90 Å². The third-order valence-electron chi connectivity index (χ3n) is 5.83. The Kier molecular flexibility index (Phi) is 7.84. The number of aryl methyl sites for hydroxylation is 1. The number of methoxy groups -OCH3 is 1. The third kappa shape index (κ3) is 5.96. The number of nitrogens with zero attached hydrogens (tertiary/aromatic N) is 4. The molecule has 0 radical (unpaired) electrons. The van der Waals surface area contributed by atoms with E-state index >= 15 is 0 Å². The Balaban J connectivity index is 1.47. The molecule has 3 aromatic rings. The van der Waals surface area contributed by atoms with E-state index in [4.69, 9.17) is 14.2 Å². The molecule has 2 heterocycles. The number of allylic oxidation sites excluding steroid dienone is 1. The van der Waals surface area contributed by atoms with Gasteiger partial charge in [-0.1, -0.05) is 18.2 Å². The van der Waals surface area contributed by atoms with Crippen LogP contribution in [-0.4, -0.2) is 29.2 Å². The van der Waals surface area contributed by atoms with Gasteiger partial charge in [0.25, 0.3) is 0 Å². The van der Waals surface area contributed by atoms with Crippen molar-refractivity contribution in [1.82, 2.24) is 9.55 Å².